The predicted octanol–water partition coefficient (Wildman–Crippen LogP) is 3.44. The molecule has 0 spiro atoms. The van der Waals surface area contributed by atoms with Gasteiger partial charge in [-0.2, -0.15) is 0 Å². The molecular weight excluding hydrogens is 244 g/mol. The maximum absolute atomic E-state index is 5.90. The average molecular weight is 261 g/mol. The van der Waals surface area contributed by atoms with Crippen molar-refractivity contribution in [1.82, 2.24) is 9.88 Å². The van der Waals surface area contributed by atoms with Crippen LogP contribution in [0.2, 0.25) is 0 Å². The zero-order valence-electron chi connectivity index (χ0n) is 10.3. The van der Waals surface area contributed by atoms with Crippen LogP contribution in [-0.2, 0) is 6.54 Å². The molecule has 0 radical (unpaired) electrons. The van der Waals surface area contributed by atoms with Crippen LogP contribution in [-0.4, -0.2) is 28.4 Å². The van der Waals surface area contributed by atoms with E-state index in [2.05, 4.69) is 34.1 Å². The summed E-state index contributed by atoms with van der Waals surface area (Å²) in [5, 5.41) is 1.26. The first-order valence-corrected chi connectivity index (χ1v) is 7.04. The van der Waals surface area contributed by atoms with Gasteiger partial charge >= 0.3 is 0 Å². The summed E-state index contributed by atoms with van der Waals surface area (Å²) in [7, 11) is 0. The molecule has 0 bridgehead atoms. The second-order valence-corrected chi connectivity index (χ2v) is 5.26. The van der Waals surface area contributed by atoms with Gasteiger partial charge in [-0.25, -0.2) is 0 Å². The molecule has 18 heavy (non-hydrogen) atoms. The van der Waals surface area contributed by atoms with Gasteiger partial charge in [-0.1, -0.05) is 18.2 Å². The molecule has 1 fully saturated rings. The summed E-state index contributed by atoms with van der Waals surface area (Å²) in [5.41, 5.74) is 2.44. The molecule has 0 atom stereocenters. The Kier molecular flexibility index (Phi) is 3.48. The van der Waals surface area contributed by atoms with Gasteiger partial charge in [-0.05, 0) is 30.5 Å². The fourth-order valence-corrected chi connectivity index (χ4v) is 2.67. The molecule has 1 saturated carbocycles. The highest BCUT2D eigenvalue weighted by molar-refractivity contribution is 6.18. The van der Waals surface area contributed by atoms with E-state index in [1.54, 1.807) is 0 Å². The van der Waals surface area contributed by atoms with Crippen LogP contribution in [0, 0.1) is 0 Å². The van der Waals surface area contributed by atoms with Crippen molar-refractivity contribution in [1.29, 1.82) is 0 Å². The number of aromatic nitrogens is 1. The van der Waals surface area contributed by atoms with Gasteiger partial charge in [0.25, 0.3) is 0 Å². The van der Waals surface area contributed by atoms with E-state index >= 15 is 0 Å². The summed E-state index contributed by atoms with van der Waals surface area (Å²) in [5.74, 6) is 0.708. The lowest BCUT2D eigenvalue weighted by atomic mass is 10.1. The number of hydrogen-bond donors (Lipinski definition) is 0. The van der Waals surface area contributed by atoms with Gasteiger partial charge in [0.15, 0.2) is 0 Å². The topological polar surface area (TPSA) is 16.1 Å². The minimum Gasteiger partial charge on any atom is -0.295 e. The summed E-state index contributed by atoms with van der Waals surface area (Å²) < 4.78 is 0. The molecule has 0 aliphatic heterocycles. The zero-order chi connectivity index (χ0) is 12.4. The van der Waals surface area contributed by atoms with Crippen LogP contribution in [0.3, 0.4) is 0 Å². The molecule has 1 aliphatic carbocycles. The van der Waals surface area contributed by atoms with Gasteiger partial charge in [0.1, 0.15) is 0 Å². The first-order chi connectivity index (χ1) is 8.88. The summed E-state index contributed by atoms with van der Waals surface area (Å²) in [6, 6.07) is 11.2. The Hall–Kier alpha value is -1.12. The molecule has 2 nitrogen and oxygen atoms in total. The minimum atomic E-state index is 0.708. The van der Waals surface area contributed by atoms with Gasteiger partial charge in [-0.15, -0.1) is 11.6 Å². The Bertz CT molecular complexity index is 532. The molecule has 0 amide bonds. The maximum atomic E-state index is 5.90. The van der Waals surface area contributed by atoms with Crippen LogP contribution in [0.4, 0.5) is 0 Å². The van der Waals surface area contributed by atoms with Gasteiger partial charge in [-0.3, -0.25) is 9.88 Å². The number of para-hydroxylation sites is 1. The minimum absolute atomic E-state index is 0.708. The molecule has 3 rings (SSSR count). The Morgan fingerprint density at radius 3 is 2.83 bits per heavy atom. The van der Waals surface area contributed by atoms with Crippen LogP contribution in [0.1, 0.15) is 18.4 Å². The normalized spacial score (nSPS) is 15.4. The largest absolute Gasteiger partial charge is 0.295 e. The van der Waals surface area contributed by atoms with E-state index in [1.165, 1.54) is 23.8 Å². The summed E-state index contributed by atoms with van der Waals surface area (Å²) >= 11 is 5.90. The molecule has 3 heteroatoms. The van der Waals surface area contributed by atoms with E-state index in [0.29, 0.717) is 5.88 Å². The number of hydrogen-bond acceptors (Lipinski definition) is 2. The molecule has 94 valence electrons. The van der Waals surface area contributed by atoms with Gasteiger partial charge in [0.05, 0.1) is 5.52 Å². The fraction of sp³-hybridized carbons (Fsp3) is 0.400. The van der Waals surface area contributed by atoms with Crippen molar-refractivity contribution in [2.75, 3.05) is 12.4 Å². The van der Waals surface area contributed by atoms with Crippen LogP contribution >= 0.6 is 11.6 Å². The standard InChI is InChI=1S/C15H17ClN2/c16-8-10-18(13-5-6-13)11-12-7-9-17-15-4-2-1-3-14(12)15/h1-4,7,9,13H,5-6,8,10-11H2. The van der Waals surface area contributed by atoms with Crippen molar-refractivity contribution in [2.45, 2.75) is 25.4 Å². The van der Waals surface area contributed by atoms with Crippen molar-refractivity contribution in [3.05, 3.63) is 42.1 Å². The molecule has 1 aromatic heterocycles. The lowest BCUT2D eigenvalue weighted by Gasteiger charge is -2.21. The van der Waals surface area contributed by atoms with E-state index in [9.17, 15) is 0 Å². The van der Waals surface area contributed by atoms with E-state index in [1.807, 2.05) is 12.3 Å². The maximum Gasteiger partial charge on any atom is 0.0705 e. The van der Waals surface area contributed by atoms with Crippen molar-refractivity contribution >= 4 is 22.5 Å². The second kappa shape index (κ2) is 5.25. The zero-order valence-corrected chi connectivity index (χ0v) is 11.1. The molecule has 0 N–H and O–H groups in total. The molecule has 1 aromatic carbocycles. The van der Waals surface area contributed by atoms with Crippen molar-refractivity contribution in [3.63, 3.8) is 0 Å². The quantitative estimate of drug-likeness (QED) is 0.766. The van der Waals surface area contributed by atoms with Crippen LogP contribution in [0.25, 0.3) is 10.9 Å². The lowest BCUT2D eigenvalue weighted by molar-refractivity contribution is 0.272. The smallest absolute Gasteiger partial charge is 0.0705 e. The fourth-order valence-electron chi connectivity index (χ4n) is 2.45. The Morgan fingerprint density at radius 2 is 2.06 bits per heavy atom. The first kappa shape index (κ1) is 11.9. The molecule has 1 heterocycles. The number of alkyl halides is 1. The third-order valence-corrected chi connectivity index (χ3v) is 3.72. The number of nitrogens with zero attached hydrogens (tertiary/aromatic N) is 2. The number of rotatable bonds is 5. The molecule has 0 unspecified atom stereocenters. The monoisotopic (exact) mass is 260 g/mol. The highest BCUT2D eigenvalue weighted by Crippen LogP contribution is 2.29. The van der Waals surface area contributed by atoms with Gasteiger partial charge < -0.3 is 0 Å². The second-order valence-electron chi connectivity index (χ2n) is 4.88. The average Bonchev–Trinajstić information content (AvgIpc) is 3.23. The number of pyridine rings is 1. The highest BCUT2D eigenvalue weighted by atomic mass is 35.5. The van der Waals surface area contributed by atoms with E-state index in [-0.39, 0.29) is 0 Å². The van der Waals surface area contributed by atoms with E-state index in [0.717, 1.165) is 24.6 Å². The molecule has 2 aromatic rings. The predicted molar refractivity (Wildman–Crippen MR) is 75.9 cm³/mol. The lowest BCUT2D eigenvalue weighted by Crippen LogP contribution is -2.27. The first-order valence-electron chi connectivity index (χ1n) is 6.51. The van der Waals surface area contributed by atoms with Gasteiger partial charge in [0.2, 0.25) is 0 Å². The number of benzene rings is 1. The Balaban J connectivity index is 1.88. The van der Waals surface area contributed by atoms with Crippen LogP contribution < -0.4 is 0 Å². The summed E-state index contributed by atoms with van der Waals surface area (Å²) in [6.07, 6.45) is 4.54. The Labute approximate surface area is 113 Å². The molecular formula is C15H17ClN2. The molecule has 1 aliphatic rings. The highest BCUT2D eigenvalue weighted by Gasteiger charge is 2.28. The van der Waals surface area contributed by atoms with Crippen LogP contribution in [0.5, 0.6) is 0 Å². The SMILES string of the molecule is ClCCN(Cc1ccnc2ccccc12)C1CC1. The third kappa shape index (κ3) is 2.50. The van der Waals surface area contributed by atoms with Crippen molar-refractivity contribution in [3.8, 4) is 0 Å². The van der Waals surface area contributed by atoms with Crippen molar-refractivity contribution < 1.29 is 0 Å². The third-order valence-electron chi connectivity index (χ3n) is 3.55. The number of halogens is 1. The van der Waals surface area contributed by atoms with Crippen molar-refractivity contribution in [2.24, 2.45) is 0 Å². The van der Waals surface area contributed by atoms with Crippen LogP contribution in [0.15, 0.2) is 36.5 Å². The van der Waals surface area contributed by atoms with Gasteiger partial charge in [0, 0.05) is 36.6 Å². The molecule has 0 saturated heterocycles. The van der Waals surface area contributed by atoms with E-state index < -0.39 is 0 Å². The summed E-state index contributed by atoms with van der Waals surface area (Å²) in [6.45, 7) is 1.96. The number of fused-ring (bicyclic) bond motifs is 1. The van der Waals surface area contributed by atoms with E-state index in [4.69, 9.17) is 11.6 Å². The summed E-state index contributed by atoms with van der Waals surface area (Å²) in [4.78, 5) is 6.91. The Morgan fingerprint density at radius 1 is 1.22 bits per heavy atom.